The minimum absolute atomic E-state index is 0.632. The van der Waals surface area contributed by atoms with Crippen LogP contribution in [0.3, 0.4) is 0 Å². The second-order valence-corrected chi connectivity index (χ2v) is 48.7. The first-order chi connectivity index (χ1) is 32.3. The molecule has 2 aliphatic heterocycles. The lowest BCUT2D eigenvalue weighted by atomic mass is 9.88. The summed E-state index contributed by atoms with van der Waals surface area (Å²) in [6.07, 6.45) is 4.52. The third-order valence-corrected chi connectivity index (χ3v) is 28.7. The summed E-state index contributed by atoms with van der Waals surface area (Å²) in [5, 5.41) is 21.3. The third-order valence-electron chi connectivity index (χ3n) is 15.3. The van der Waals surface area contributed by atoms with E-state index >= 15 is 0 Å². The topological polar surface area (TPSA) is 0 Å². The van der Waals surface area contributed by atoms with Crippen molar-refractivity contribution < 1.29 is 0 Å². The molecule has 0 aliphatic carbocycles. The summed E-state index contributed by atoms with van der Waals surface area (Å²) in [5.74, 6) is 0. The Kier molecular flexibility index (Phi) is 11.3. The normalized spacial score (nSPS) is 15.0. The van der Waals surface area contributed by atoms with Crippen molar-refractivity contribution in [3.63, 3.8) is 0 Å². The molecule has 9 aromatic carbocycles. The van der Waals surface area contributed by atoms with Gasteiger partial charge >= 0.3 is 0 Å². The highest BCUT2D eigenvalue weighted by Crippen LogP contribution is 2.57. The van der Waals surface area contributed by atoms with Crippen molar-refractivity contribution in [2.24, 2.45) is 0 Å². The van der Waals surface area contributed by atoms with Gasteiger partial charge in [0, 0.05) is 0 Å². The Morgan fingerprint density at radius 2 is 0.485 bits per heavy atom. The maximum absolute atomic E-state index is 2.64. The van der Waals surface area contributed by atoms with E-state index in [4.69, 9.17) is 0 Å². The molecule has 2 heterocycles. The van der Waals surface area contributed by atoms with Gasteiger partial charge in [-0.25, -0.2) is 0 Å². The predicted octanol–water partition coefficient (Wildman–Crippen LogP) is 15.5. The van der Waals surface area contributed by atoms with Crippen molar-refractivity contribution in [2.75, 3.05) is 0 Å². The average Bonchev–Trinajstić information content (AvgIpc) is 3.59. The second kappa shape index (κ2) is 16.7. The minimum atomic E-state index is -1.82. The highest BCUT2D eigenvalue weighted by atomic mass is 31.1. The number of rotatable bonds is 6. The third kappa shape index (κ3) is 7.82. The summed E-state index contributed by atoms with van der Waals surface area (Å²) in [4.78, 5) is 0. The Balaban J connectivity index is 1.22. The Labute approximate surface area is 413 Å². The van der Waals surface area contributed by atoms with E-state index in [0.29, 0.717) is 0 Å². The van der Waals surface area contributed by atoms with Crippen molar-refractivity contribution in [1.29, 1.82) is 0 Å². The molecule has 9 aromatic rings. The molecule has 0 N–H and O–H groups in total. The van der Waals surface area contributed by atoms with Gasteiger partial charge < -0.3 is 0 Å². The van der Waals surface area contributed by atoms with Crippen LogP contribution in [0.1, 0.15) is 22.3 Å². The van der Waals surface area contributed by atoms with E-state index in [1.165, 1.54) is 43.1 Å². The van der Waals surface area contributed by atoms with Crippen molar-refractivity contribution in [2.45, 2.75) is 103 Å². The quantitative estimate of drug-likeness (QED) is 0.115. The maximum Gasteiger partial charge on any atom is 0.0780 e. The van der Waals surface area contributed by atoms with Gasteiger partial charge in [-0.15, -0.1) is 0 Å². The highest BCUT2D eigenvalue weighted by Gasteiger charge is 2.38. The number of hydrogen-bond donors (Lipinski definition) is 0. The lowest BCUT2D eigenvalue weighted by Crippen LogP contribution is -2.41. The molecule has 0 aromatic heterocycles. The van der Waals surface area contributed by atoms with Crippen LogP contribution in [0.4, 0.5) is 0 Å². The molecule has 0 atom stereocenters. The fourth-order valence-corrected chi connectivity index (χ4v) is 25.7. The van der Waals surface area contributed by atoms with Gasteiger partial charge in [0.25, 0.3) is 0 Å². The van der Waals surface area contributed by atoms with Crippen molar-refractivity contribution in [1.82, 2.24) is 0 Å². The first kappa shape index (κ1) is 46.1. The van der Waals surface area contributed by atoms with E-state index in [0.717, 1.165) is 24.6 Å². The first-order valence-electron chi connectivity index (χ1n) is 25.1. The van der Waals surface area contributed by atoms with Crippen LogP contribution < -0.4 is 31.4 Å². The molecule has 0 saturated heterocycles. The van der Waals surface area contributed by atoms with Crippen LogP contribution >= 0.6 is 15.8 Å². The van der Waals surface area contributed by atoms with Gasteiger partial charge in [0.15, 0.2) is 0 Å². The summed E-state index contributed by atoms with van der Waals surface area (Å²) >= 11 is 0. The molecule has 6 heteroatoms. The van der Waals surface area contributed by atoms with Crippen LogP contribution in [0.15, 0.2) is 146 Å². The Hall–Kier alpha value is -4.25. The van der Waals surface area contributed by atoms with Crippen molar-refractivity contribution in [3.05, 3.63) is 168 Å². The monoisotopic (exact) mass is 986 g/mol. The molecule has 68 heavy (non-hydrogen) atoms. The molecule has 2 aliphatic rings. The molecule has 11 rings (SSSR count). The number of hydrogen-bond acceptors (Lipinski definition) is 0. The van der Waals surface area contributed by atoms with Crippen LogP contribution in [0.2, 0.25) is 78.6 Å². The van der Waals surface area contributed by atoms with Crippen LogP contribution in [-0.2, 0) is 24.6 Å². The average molecular weight is 988 g/mol. The van der Waals surface area contributed by atoms with Crippen LogP contribution in [0.5, 0.6) is 0 Å². The Morgan fingerprint density at radius 3 is 0.706 bits per heavy atom. The fourth-order valence-electron chi connectivity index (χ4n) is 12.3. The van der Waals surface area contributed by atoms with Gasteiger partial charge in [-0.2, -0.15) is 0 Å². The summed E-state index contributed by atoms with van der Waals surface area (Å²) in [5.41, 5.74) is 12.8. The summed E-state index contributed by atoms with van der Waals surface area (Å²) in [6, 6.07) is 58.3. The molecule has 0 spiro atoms. The van der Waals surface area contributed by atoms with Crippen molar-refractivity contribution >= 4 is 123 Å². The minimum Gasteiger partial charge on any atom is -0.0656 e. The zero-order valence-electron chi connectivity index (χ0n) is 42.6. The van der Waals surface area contributed by atoms with Gasteiger partial charge in [-0.1, -0.05) is 261 Å². The van der Waals surface area contributed by atoms with E-state index < -0.39 is 48.1 Å². The SMILES string of the molecule is C[Si](C)(C)c1cc2ccccc2c2c1CP(c1ccccc1P1Cc3c([Si](C)(C)C)cc4ccccc4c3-c3c(c([Si](C)(C)C)cc4ccccc34)C1)Cc1c([Si](C)(C)C)cc3ccccc3c1-2. The highest BCUT2D eigenvalue weighted by molar-refractivity contribution is 7.70. The molecule has 0 amide bonds. The number of benzene rings is 9. The zero-order valence-corrected chi connectivity index (χ0v) is 48.4. The molecule has 0 fully saturated rings. The molecule has 0 bridgehead atoms. The van der Waals surface area contributed by atoms with Gasteiger partial charge in [-0.05, 0) is 123 Å². The summed E-state index contributed by atoms with van der Waals surface area (Å²) in [7, 11) is -8.53. The largest absolute Gasteiger partial charge is 0.0780 e. The van der Waals surface area contributed by atoms with Crippen LogP contribution in [-0.4, -0.2) is 32.3 Å². The summed E-state index contributed by atoms with van der Waals surface area (Å²) < 4.78 is 0. The lowest BCUT2D eigenvalue weighted by molar-refractivity contribution is 1.40. The lowest BCUT2D eigenvalue weighted by Gasteiger charge is -2.30. The smallest absolute Gasteiger partial charge is 0.0656 e. The van der Waals surface area contributed by atoms with E-state index in [9.17, 15) is 0 Å². The van der Waals surface area contributed by atoms with Gasteiger partial charge in [0.05, 0.1) is 32.3 Å². The van der Waals surface area contributed by atoms with Gasteiger partial charge in [0.1, 0.15) is 0 Å². The Morgan fingerprint density at radius 1 is 0.279 bits per heavy atom. The van der Waals surface area contributed by atoms with Crippen molar-refractivity contribution in [3.8, 4) is 22.3 Å². The first-order valence-corrected chi connectivity index (χ1v) is 42.5. The van der Waals surface area contributed by atoms with E-state index in [1.54, 1.807) is 75.9 Å². The standard InChI is InChI=1S/C62H68P2Si4/c1-65(2,3)55-33-41-23-13-17-27-45(41)59-49(55)37-63(38-50-56(66(4,5)6)34-42-24-14-18-28-46(42)60(50)59)53-31-21-22-32-54(53)64-39-51-57(67(7,8)9)35-43-25-15-19-29-47(43)61(51)62-48-30-20-16-26-44(48)36-58(52(62)40-64)68(10,11)12/h13-36H,37-40H2,1-12H3. The molecule has 342 valence electrons. The number of fused-ring (bicyclic) bond motifs is 14. The van der Waals surface area contributed by atoms with Gasteiger partial charge in [0.2, 0.25) is 0 Å². The Bertz CT molecular complexity index is 3080. The van der Waals surface area contributed by atoms with Crippen LogP contribution in [0.25, 0.3) is 65.3 Å². The zero-order chi connectivity index (χ0) is 47.7. The molecule has 0 unspecified atom stereocenters. The predicted molar refractivity (Wildman–Crippen MR) is 320 cm³/mol. The van der Waals surface area contributed by atoms with E-state index in [1.807, 2.05) is 0 Å². The van der Waals surface area contributed by atoms with E-state index in [-0.39, 0.29) is 0 Å². The van der Waals surface area contributed by atoms with Gasteiger partial charge in [-0.3, -0.25) is 0 Å². The molecular weight excluding hydrogens is 919 g/mol. The molecule has 0 radical (unpaired) electrons. The van der Waals surface area contributed by atoms with E-state index in [2.05, 4.69) is 224 Å². The molecular formula is C62H68P2Si4. The van der Waals surface area contributed by atoms with Crippen LogP contribution in [0, 0.1) is 0 Å². The fraction of sp³-hybridized carbons (Fsp3) is 0.258. The molecule has 0 saturated carbocycles. The molecule has 0 nitrogen and oxygen atoms in total. The summed E-state index contributed by atoms with van der Waals surface area (Å²) in [6.45, 7) is 31.2. The maximum atomic E-state index is 2.64. The second-order valence-electron chi connectivity index (χ2n) is 24.2.